The van der Waals surface area contributed by atoms with Crippen LogP contribution in [0, 0.1) is 0 Å². The maximum absolute atomic E-state index is 12.0. The Morgan fingerprint density at radius 1 is 1.50 bits per heavy atom. The van der Waals surface area contributed by atoms with Crippen LogP contribution in [0.5, 0.6) is 0 Å². The van der Waals surface area contributed by atoms with Crippen LogP contribution in [0.25, 0.3) is 0 Å². The molecule has 0 aliphatic rings. The molecule has 0 spiro atoms. The van der Waals surface area contributed by atoms with Gasteiger partial charge in [-0.15, -0.1) is 0 Å². The van der Waals surface area contributed by atoms with Crippen molar-refractivity contribution in [1.29, 1.82) is 0 Å². The maximum Gasteiger partial charge on any atom is 0.253 e. The lowest BCUT2D eigenvalue weighted by atomic mass is 10.2. The van der Waals surface area contributed by atoms with Crippen molar-refractivity contribution in [2.75, 3.05) is 31.4 Å². The summed E-state index contributed by atoms with van der Waals surface area (Å²) < 4.78 is 5.11. The van der Waals surface area contributed by atoms with Crippen LogP contribution in [0.4, 0.5) is 11.4 Å². The molecular formula is C13H19ClN2O2. The number of halogens is 1. The van der Waals surface area contributed by atoms with E-state index < -0.39 is 6.10 Å². The SMILES string of the molecule is CCC(OC)C(=O)Nc1cc(Cl)ccc1N(C)C. The Morgan fingerprint density at radius 3 is 2.67 bits per heavy atom. The zero-order chi connectivity index (χ0) is 13.7. The Kier molecular flexibility index (Phi) is 5.44. The molecule has 0 aromatic heterocycles. The number of amides is 1. The summed E-state index contributed by atoms with van der Waals surface area (Å²) >= 11 is 5.95. The molecule has 1 aromatic rings. The van der Waals surface area contributed by atoms with Crippen LogP contribution in [-0.2, 0) is 9.53 Å². The minimum absolute atomic E-state index is 0.162. The van der Waals surface area contributed by atoms with Crippen LogP contribution in [0.3, 0.4) is 0 Å². The minimum Gasteiger partial charge on any atom is -0.376 e. The van der Waals surface area contributed by atoms with Gasteiger partial charge in [0.25, 0.3) is 5.91 Å². The molecule has 0 saturated carbocycles. The molecule has 1 rings (SSSR count). The highest BCUT2D eigenvalue weighted by molar-refractivity contribution is 6.31. The van der Waals surface area contributed by atoms with Gasteiger partial charge in [-0.1, -0.05) is 18.5 Å². The van der Waals surface area contributed by atoms with E-state index in [4.69, 9.17) is 16.3 Å². The zero-order valence-corrected chi connectivity index (χ0v) is 11.9. The third kappa shape index (κ3) is 3.62. The molecule has 1 aromatic carbocycles. The molecule has 1 N–H and O–H groups in total. The van der Waals surface area contributed by atoms with Crippen LogP contribution in [0.15, 0.2) is 18.2 Å². The summed E-state index contributed by atoms with van der Waals surface area (Å²) in [6, 6.07) is 5.39. The summed E-state index contributed by atoms with van der Waals surface area (Å²) in [4.78, 5) is 13.9. The maximum atomic E-state index is 12.0. The highest BCUT2D eigenvalue weighted by Gasteiger charge is 2.17. The minimum atomic E-state index is -0.445. The summed E-state index contributed by atoms with van der Waals surface area (Å²) in [6.07, 6.45) is 0.180. The van der Waals surface area contributed by atoms with Crippen molar-refractivity contribution >= 4 is 28.9 Å². The predicted molar refractivity (Wildman–Crippen MR) is 75.5 cm³/mol. The first-order valence-corrected chi connectivity index (χ1v) is 6.18. The van der Waals surface area contributed by atoms with E-state index in [1.165, 1.54) is 7.11 Å². The lowest BCUT2D eigenvalue weighted by Gasteiger charge is -2.20. The second-order valence-electron chi connectivity index (χ2n) is 4.18. The fourth-order valence-electron chi connectivity index (χ4n) is 1.67. The molecular weight excluding hydrogens is 252 g/mol. The van der Waals surface area contributed by atoms with E-state index in [0.29, 0.717) is 17.1 Å². The lowest BCUT2D eigenvalue weighted by Crippen LogP contribution is -2.29. The molecule has 1 amide bonds. The number of rotatable bonds is 5. The molecule has 0 aliphatic carbocycles. The molecule has 1 unspecified atom stereocenters. The monoisotopic (exact) mass is 270 g/mol. The Hall–Kier alpha value is -1.26. The van der Waals surface area contributed by atoms with Crippen molar-refractivity contribution in [2.24, 2.45) is 0 Å². The second kappa shape index (κ2) is 6.61. The number of hydrogen-bond acceptors (Lipinski definition) is 3. The molecule has 0 fully saturated rings. The van der Waals surface area contributed by atoms with Crippen molar-refractivity contribution in [3.63, 3.8) is 0 Å². The molecule has 0 saturated heterocycles. The molecule has 0 radical (unpaired) electrons. The fourth-order valence-corrected chi connectivity index (χ4v) is 1.84. The first kappa shape index (κ1) is 14.8. The number of hydrogen-bond donors (Lipinski definition) is 1. The van der Waals surface area contributed by atoms with Crippen LogP contribution < -0.4 is 10.2 Å². The van der Waals surface area contributed by atoms with Crippen molar-refractivity contribution in [3.8, 4) is 0 Å². The van der Waals surface area contributed by atoms with Gasteiger partial charge in [0.2, 0.25) is 0 Å². The number of methoxy groups -OCH3 is 1. The van der Waals surface area contributed by atoms with Crippen molar-refractivity contribution < 1.29 is 9.53 Å². The molecule has 5 heteroatoms. The quantitative estimate of drug-likeness (QED) is 0.895. The lowest BCUT2D eigenvalue weighted by molar-refractivity contribution is -0.125. The third-order valence-electron chi connectivity index (χ3n) is 2.65. The highest BCUT2D eigenvalue weighted by Crippen LogP contribution is 2.28. The fraction of sp³-hybridized carbons (Fsp3) is 0.462. The summed E-state index contributed by atoms with van der Waals surface area (Å²) in [5.41, 5.74) is 1.59. The summed E-state index contributed by atoms with van der Waals surface area (Å²) in [7, 11) is 5.34. The van der Waals surface area contributed by atoms with Crippen LogP contribution in [0.2, 0.25) is 5.02 Å². The standard InChI is InChI=1S/C13H19ClN2O2/c1-5-12(18-4)13(17)15-10-8-9(14)6-7-11(10)16(2)3/h6-8,12H,5H2,1-4H3,(H,15,17). The van der Waals surface area contributed by atoms with Gasteiger partial charge >= 0.3 is 0 Å². The second-order valence-corrected chi connectivity index (χ2v) is 4.61. The number of carbonyl (C=O) groups excluding carboxylic acids is 1. The average Bonchev–Trinajstić information content (AvgIpc) is 2.30. The van der Waals surface area contributed by atoms with E-state index in [2.05, 4.69) is 5.32 Å². The van der Waals surface area contributed by atoms with Crippen LogP contribution in [0.1, 0.15) is 13.3 Å². The number of anilines is 2. The van der Waals surface area contributed by atoms with Gasteiger partial charge in [-0.05, 0) is 24.6 Å². The van der Waals surface area contributed by atoms with E-state index in [1.807, 2.05) is 32.0 Å². The largest absolute Gasteiger partial charge is 0.376 e. The molecule has 100 valence electrons. The van der Waals surface area contributed by atoms with Gasteiger partial charge in [-0.25, -0.2) is 0 Å². The normalized spacial score (nSPS) is 12.1. The zero-order valence-electron chi connectivity index (χ0n) is 11.2. The Bertz CT molecular complexity index is 417. The number of carbonyl (C=O) groups is 1. The molecule has 1 atom stereocenters. The van der Waals surface area contributed by atoms with Crippen molar-refractivity contribution in [1.82, 2.24) is 0 Å². The van der Waals surface area contributed by atoms with E-state index in [-0.39, 0.29) is 5.91 Å². The number of nitrogens with one attached hydrogen (secondary N) is 1. The van der Waals surface area contributed by atoms with Crippen LogP contribution >= 0.6 is 11.6 Å². The number of nitrogens with zero attached hydrogens (tertiary/aromatic N) is 1. The molecule has 0 bridgehead atoms. The Balaban J connectivity index is 2.95. The number of benzene rings is 1. The van der Waals surface area contributed by atoms with Gasteiger partial charge in [0.15, 0.2) is 0 Å². The number of ether oxygens (including phenoxy) is 1. The van der Waals surface area contributed by atoms with Crippen molar-refractivity contribution in [2.45, 2.75) is 19.4 Å². The highest BCUT2D eigenvalue weighted by atomic mass is 35.5. The van der Waals surface area contributed by atoms with Crippen molar-refractivity contribution in [3.05, 3.63) is 23.2 Å². The van der Waals surface area contributed by atoms with E-state index in [1.54, 1.807) is 12.1 Å². The van der Waals surface area contributed by atoms with Gasteiger partial charge in [0.05, 0.1) is 11.4 Å². The van der Waals surface area contributed by atoms with E-state index in [9.17, 15) is 4.79 Å². The van der Waals surface area contributed by atoms with Gasteiger partial charge in [-0.2, -0.15) is 0 Å². The van der Waals surface area contributed by atoms with Gasteiger partial charge in [-0.3, -0.25) is 4.79 Å². The Morgan fingerprint density at radius 2 is 2.17 bits per heavy atom. The molecule has 4 nitrogen and oxygen atoms in total. The average molecular weight is 271 g/mol. The molecule has 0 aliphatic heterocycles. The van der Waals surface area contributed by atoms with Crippen LogP contribution in [-0.4, -0.2) is 33.2 Å². The van der Waals surface area contributed by atoms with E-state index >= 15 is 0 Å². The smallest absolute Gasteiger partial charge is 0.253 e. The predicted octanol–water partition coefficient (Wildman–Crippen LogP) is 2.77. The molecule has 18 heavy (non-hydrogen) atoms. The summed E-state index contributed by atoms with van der Waals surface area (Å²) in [5.74, 6) is -0.162. The molecule has 0 heterocycles. The summed E-state index contributed by atoms with van der Waals surface area (Å²) in [6.45, 7) is 1.90. The van der Waals surface area contributed by atoms with Gasteiger partial charge in [0, 0.05) is 26.2 Å². The first-order valence-electron chi connectivity index (χ1n) is 5.80. The topological polar surface area (TPSA) is 41.6 Å². The first-order chi connectivity index (χ1) is 8.49. The van der Waals surface area contributed by atoms with E-state index in [0.717, 1.165) is 5.69 Å². The van der Waals surface area contributed by atoms with Gasteiger partial charge in [0.1, 0.15) is 6.10 Å². The van der Waals surface area contributed by atoms with Gasteiger partial charge < -0.3 is 15.0 Å². The summed E-state index contributed by atoms with van der Waals surface area (Å²) in [5, 5.41) is 3.43. The Labute approximate surface area is 113 Å². The third-order valence-corrected chi connectivity index (χ3v) is 2.88.